The summed E-state index contributed by atoms with van der Waals surface area (Å²) in [4.78, 5) is 0. The highest BCUT2D eigenvalue weighted by atomic mass is 35.5. The van der Waals surface area contributed by atoms with Gasteiger partial charge in [0.25, 0.3) is 0 Å². The van der Waals surface area contributed by atoms with Gasteiger partial charge in [-0.2, -0.15) is 0 Å². The van der Waals surface area contributed by atoms with Crippen LogP contribution >= 0.6 is 11.6 Å². The van der Waals surface area contributed by atoms with Gasteiger partial charge in [0.1, 0.15) is 5.56 Å². The molecule has 0 bridgehead atoms. The van der Waals surface area contributed by atoms with Crippen LogP contribution in [-0.2, 0) is 4.74 Å². The highest BCUT2D eigenvalue weighted by Gasteiger charge is 2.28. The lowest BCUT2D eigenvalue weighted by Crippen LogP contribution is -2.14. The molecule has 1 rings (SSSR count). The Hall–Kier alpha value is 0.250. The van der Waals surface area contributed by atoms with Crippen molar-refractivity contribution >= 4 is 11.6 Å². The van der Waals surface area contributed by atoms with Crippen LogP contribution in [0.15, 0.2) is 0 Å². The van der Waals surface area contributed by atoms with E-state index in [9.17, 15) is 0 Å². The molecule has 0 N–H and O–H groups in total. The van der Waals surface area contributed by atoms with Gasteiger partial charge in [-0.3, -0.25) is 0 Å². The molecule has 1 aliphatic rings. The summed E-state index contributed by atoms with van der Waals surface area (Å²) in [6, 6.07) is 0. The molecule has 1 fully saturated rings. The largest absolute Gasteiger partial charge is 0.362 e. The van der Waals surface area contributed by atoms with Crippen molar-refractivity contribution in [1.29, 1.82) is 0 Å². The molecule has 0 amide bonds. The number of rotatable bonds is 1. The van der Waals surface area contributed by atoms with Crippen molar-refractivity contribution in [1.82, 2.24) is 0 Å². The predicted octanol–water partition coefficient (Wildman–Crippen LogP) is 2.24. The maximum Gasteiger partial charge on any atom is 0.134 e. The van der Waals surface area contributed by atoms with Crippen LogP contribution in [0.5, 0.6) is 0 Å². The van der Waals surface area contributed by atoms with Crippen molar-refractivity contribution in [3.05, 3.63) is 0 Å². The maximum atomic E-state index is 5.85. The summed E-state index contributed by atoms with van der Waals surface area (Å²) in [5, 5.41) is 0. The molecule has 9 heavy (non-hydrogen) atoms. The molecule has 0 aromatic rings. The van der Waals surface area contributed by atoms with Crippen LogP contribution in [0.3, 0.4) is 0 Å². The number of hydrogen-bond acceptors (Lipinski definition) is 1. The fourth-order valence-electron chi connectivity index (χ4n) is 1.21. The van der Waals surface area contributed by atoms with Crippen molar-refractivity contribution in [2.75, 3.05) is 6.61 Å². The average molecular weight is 149 g/mol. The zero-order valence-electron chi connectivity index (χ0n) is 5.93. The van der Waals surface area contributed by atoms with E-state index < -0.39 is 0 Å². The summed E-state index contributed by atoms with van der Waals surface area (Å²) in [5.74, 6) is 1.24. The molecule has 2 heteroatoms. The number of alkyl halides is 1. The van der Waals surface area contributed by atoms with Crippen LogP contribution in [0, 0.1) is 11.8 Å². The van der Waals surface area contributed by atoms with Crippen molar-refractivity contribution in [3.63, 3.8) is 0 Å². The van der Waals surface area contributed by atoms with Crippen molar-refractivity contribution in [3.8, 4) is 0 Å². The second-order valence-electron chi connectivity index (χ2n) is 2.92. The minimum Gasteiger partial charge on any atom is -0.362 e. The molecule has 0 spiro atoms. The molecule has 0 aromatic carbocycles. The molecule has 0 radical (unpaired) electrons. The van der Waals surface area contributed by atoms with Crippen molar-refractivity contribution in [2.24, 2.45) is 11.8 Å². The van der Waals surface area contributed by atoms with Crippen LogP contribution in [0.1, 0.15) is 20.3 Å². The predicted molar refractivity (Wildman–Crippen MR) is 38.5 cm³/mol. The van der Waals surface area contributed by atoms with Gasteiger partial charge in [-0.1, -0.05) is 25.4 Å². The van der Waals surface area contributed by atoms with Gasteiger partial charge in [0, 0.05) is 12.5 Å². The van der Waals surface area contributed by atoms with Gasteiger partial charge in [-0.05, 0) is 12.3 Å². The molecule has 0 saturated carbocycles. The minimum atomic E-state index is -0.0231. The topological polar surface area (TPSA) is 9.23 Å². The molecule has 1 heterocycles. The fourth-order valence-corrected chi connectivity index (χ4v) is 1.71. The third-order valence-corrected chi connectivity index (χ3v) is 2.37. The maximum absolute atomic E-state index is 5.85. The van der Waals surface area contributed by atoms with E-state index in [0.29, 0.717) is 11.8 Å². The Morgan fingerprint density at radius 1 is 1.56 bits per heavy atom. The standard InChI is InChI=1S/C7H13ClO/c1-5(2)6-3-4-9-7(6)8/h5-7H,3-4H2,1-2H3. The average Bonchev–Trinajstić information content (AvgIpc) is 2.13. The van der Waals surface area contributed by atoms with Gasteiger partial charge in [0.15, 0.2) is 0 Å². The minimum absolute atomic E-state index is 0.0231. The molecule has 2 unspecified atom stereocenters. The lowest BCUT2D eigenvalue weighted by atomic mass is 9.95. The molecule has 54 valence electrons. The van der Waals surface area contributed by atoms with Gasteiger partial charge in [-0.15, -0.1) is 0 Å². The third-order valence-electron chi connectivity index (χ3n) is 1.92. The normalized spacial score (nSPS) is 36.0. The molecule has 0 aromatic heterocycles. The Bertz CT molecular complexity index is 92.9. The first-order valence-electron chi connectivity index (χ1n) is 3.47. The molecule has 1 nitrogen and oxygen atoms in total. The highest BCUT2D eigenvalue weighted by molar-refractivity contribution is 6.20. The number of halogens is 1. The summed E-state index contributed by atoms with van der Waals surface area (Å²) >= 11 is 5.85. The van der Waals surface area contributed by atoms with E-state index in [0.717, 1.165) is 13.0 Å². The molecule has 2 atom stereocenters. The van der Waals surface area contributed by atoms with Crippen molar-refractivity contribution in [2.45, 2.75) is 25.8 Å². The van der Waals surface area contributed by atoms with Gasteiger partial charge < -0.3 is 4.74 Å². The van der Waals surface area contributed by atoms with Crippen LogP contribution < -0.4 is 0 Å². The molecule has 1 saturated heterocycles. The van der Waals surface area contributed by atoms with E-state index in [1.165, 1.54) is 0 Å². The zero-order valence-corrected chi connectivity index (χ0v) is 6.69. The molecule has 1 aliphatic heterocycles. The SMILES string of the molecule is CC(C)C1CCOC1Cl. The first kappa shape index (κ1) is 7.36. The molecular formula is C7H13ClO. The lowest BCUT2D eigenvalue weighted by Gasteiger charge is -2.15. The summed E-state index contributed by atoms with van der Waals surface area (Å²) in [7, 11) is 0. The zero-order chi connectivity index (χ0) is 6.85. The van der Waals surface area contributed by atoms with Gasteiger partial charge in [0.2, 0.25) is 0 Å². The lowest BCUT2D eigenvalue weighted by molar-refractivity contribution is 0.143. The second kappa shape index (κ2) is 2.89. The van der Waals surface area contributed by atoms with E-state index in [-0.39, 0.29) is 5.56 Å². The summed E-state index contributed by atoms with van der Waals surface area (Å²) in [6.45, 7) is 5.22. The van der Waals surface area contributed by atoms with Crippen LogP contribution in [-0.4, -0.2) is 12.2 Å². The van der Waals surface area contributed by atoms with Crippen molar-refractivity contribution < 1.29 is 4.74 Å². The van der Waals surface area contributed by atoms with Crippen LogP contribution in [0.25, 0.3) is 0 Å². The van der Waals surface area contributed by atoms with E-state index in [2.05, 4.69) is 13.8 Å². The molecular weight excluding hydrogens is 136 g/mol. The van der Waals surface area contributed by atoms with E-state index in [4.69, 9.17) is 16.3 Å². The fraction of sp³-hybridized carbons (Fsp3) is 1.00. The Kier molecular flexibility index (Phi) is 2.36. The van der Waals surface area contributed by atoms with Gasteiger partial charge in [0.05, 0.1) is 0 Å². The number of hydrogen-bond donors (Lipinski definition) is 0. The van der Waals surface area contributed by atoms with E-state index in [1.54, 1.807) is 0 Å². The summed E-state index contributed by atoms with van der Waals surface area (Å²) < 4.78 is 5.19. The Balaban J connectivity index is 2.40. The number of ether oxygens (including phenoxy) is 1. The second-order valence-corrected chi connectivity index (χ2v) is 3.35. The summed E-state index contributed by atoms with van der Waals surface area (Å²) in [6.07, 6.45) is 1.13. The van der Waals surface area contributed by atoms with E-state index >= 15 is 0 Å². The Morgan fingerprint density at radius 3 is 2.44 bits per heavy atom. The third kappa shape index (κ3) is 1.59. The quantitative estimate of drug-likeness (QED) is 0.519. The molecule has 0 aliphatic carbocycles. The monoisotopic (exact) mass is 148 g/mol. The Morgan fingerprint density at radius 2 is 2.22 bits per heavy atom. The van der Waals surface area contributed by atoms with Crippen LogP contribution in [0.4, 0.5) is 0 Å². The van der Waals surface area contributed by atoms with Crippen LogP contribution in [0.2, 0.25) is 0 Å². The smallest absolute Gasteiger partial charge is 0.134 e. The van der Waals surface area contributed by atoms with E-state index in [1.807, 2.05) is 0 Å². The summed E-state index contributed by atoms with van der Waals surface area (Å²) in [5.41, 5.74) is -0.0231. The Labute approximate surface area is 61.3 Å². The van der Waals surface area contributed by atoms with Gasteiger partial charge in [-0.25, -0.2) is 0 Å². The van der Waals surface area contributed by atoms with Gasteiger partial charge >= 0.3 is 0 Å². The first-order valence-corrected chi connectivity index (χ1v) is 3.91. The highest BCUT2D eigenvalue weighted by Crippen LogP contribution is 2.29. The first-order chi connectivity index (χ1) is 4.22.